The van der Waals surface area contributed by atoms with E-state index in [1.165, 1.54) is 12.1 Å². The smallest absolute Gasteiger partial charge is 0.262 e. The molecule has 0 aliphatic heterocycles. The number of halogens is 3. The number of rotatable bonds is 5. The van der Waals surface area contributed by atoms with Gasteiger partial charge in [-0.2, -0.15) is 0 Å². The first-order chi connectivity index (χ1) is 10.9. The number of carbonyl (C=O) groups is 2. The Labute approximate surface area is 150 Å². The number of hydrogen-bond acceptors (Lipinski definition) is 3. The monoisotopic (exact) mass is 416 g/mol. The summed E-state index contributed by atoms with van der Waals surface area (Å²) in [5.41, 5.74) is 5.93. The van der Waals surface area contributed by atoms with Crippen LogP contribution >= 0.6 is 39.1 Å². The lowest BCUT2D eigenvalue weighted by molar-refractivity contribution is -0.118. The van der Waals surface area contributed by atoms with Gasteiger partial charge in [0.05, 0.1) is 9.50 Å². The zero-order chi connectivity index (χ0) is 17.0. The summed E-state index contributed by atoms with van der Waals surface area (Å²) in [5, 5.41) is 3.33. The summed E-state index contributed by atoms with van der Waals surface area (Å²) in [6.45, 7) is -0.263. The Morgan fingerprint density at radius 3 is 2.61 bits per heavy atom. The zero-order valence-corrected chi connectivity index (χ0v) is 14.7. The summed E-state index contributed by atoms with van der Waals surface area (Å²) >= 11 is 15.1. The molecule has 2 aromatic carbocycles. The predicted molar refractivity (Wildman–Crippen MR) is 93.2 cm³/mol. The third-order valence-corrected chi connectivity index (χ3v) is 3.83. The van der Waals surface area contributed by atoms with Crippen LogP contribution in [0.3, 0.4) is 0 Å². The number of ether oxygens (including phenoxy) is 1. The molecule has 0 atom stereocenters. The highest BCUT2D eigenvalue weighted by Gasteiger charge is 2.11. The molecule has 0 heterocycles. The average Bonchev–Trinajstić information content (AvgIpc) is 2.46. The minimum Gasteiger partial charge on any atom is -0.481 e. The Hall–Kier alpha value is -1.76. The van der Waals surface area contributed by atoms with Gasteiger partial charge in [-0.1, -0.05) is 29.3 Å². The van der Waals surface area contributed by atoms with Gasteiger partial charge < -0.3 is 15.8 Å². The average molecular weight is 418 g/mol. The SMILES string of the molecule is NC(=O)c1cccc(NC(=O)COc2c(Cl)cc(Cl)cc2Br)c1. The van der Waals surface area contributed by atoms with Crippen molar-refractivity contribution in [2.45, 2.75) is 0 Å². The quantitative estimate of drug-likeness (QED) is 0.774. The van der Waals surface area contributed by atoms with E-state index in [1.807, 2.05) is 0 Å². The lowest BCUT2D eigenvalue weighted by atomic mass is 10.2. The van der Waals surface area contributed by atoms with Crippen LogP contribution in [-0.4, -0.2) is 18.4 Å². The van der Waals surface area contributed by atoms with Crippen LogP contribution in [-0.2, 0) is 4.79 Å². The molecule has 2 aromatic rings. The van der Waals surface area contributed by atoms with Crippen LogP contribution in [0.15, 0.2) is 40.9 Å². The fourth-order valence-electron chi connectivity index (χ4n) is 1.75. The first kappa shape index (κ1) is 17.6. The second kappa shape index (κ2) is 7.68. The van der Waals surface area contributed by atoms with Crippen molar-refractivity contribution in [1.82, 2.24) is 0 Å². The molecule has 120 valence electrons. The predicted octanol–water partition coefficient (Wildman–Crippen LogP) is 3.87. The minimum atomic E-state index is -0.575. The van der Waals surface area contributed by atoms with Crippen LogP contribution in [0, 0.1) is 0 Å². The van der Waals surface area contributed by atoms with Gasteiger partial charge >= 0.3 is 0 Å². The first-order valence-corrected chi connectivity index (χ1v) is 7.89. The summed E-state index contributed by atoms with van der Waals surface area (Å²) in [6.07, 6.45) is 0. The van der Waals surface area contributed by atoms with Gasteiger partial charge in [0, 0.05) is 16.3 Å². The summed E-state index contributed by atoms with van der Waals surface area (Å²) in [5.74, 6) is -0.670. The number of nitrogens with one attached hydrogen (secondary N) is 1. The van der Waals surface area contributed by atoms with Crippen molar-refractivity contribution < 1.29 is 14.3 Å². The van der Waals surface area contributed by atoms with Crippen molar-refractivity contribution in [2.24, 2.45) is 5.73 Å². The van der Waals surface area contributed by atoms with Crippen LogP contribution in [0.25, 0.3) is 0 Å². The van der Waals surface area contributed by atoms with Crippen molar-refractivity contribution in [3.8, 4) is 5.75 Å². The van der Waals surface area contributed by atoms with Crippen molar-refractivity contribution in [3.63, 3.8) is 0 Å². The molecular weight excluding hydrogens is 407 g/mol. The van der Waals surface area contributed by atoms with E-state index in [0.29, 0.717) is 26.5 Å². The molecular formula is C15H11BrCl2N2O3. The van der Waals surface area contributed by atoms with Gasteiger partial charge in [-0.3, -0.25) is 9.59 Å². The van der Waals surface area contributed by atoms with Crippen molar-refractivity contribution >= 4 is 56.6 Å². The Bertz CT molecular complexity index is 745. The lowest BCUT2D eigenvalue weighted by Gasteiger charge is -2.11. The van der Waals surface area contributed by atoms with Crippen molar-refractivity contribution in [3.05, 3.63) is 56.5 Å². The minimum absolute atomic E-state index is 0.263. The number of benzene rings is 2. The first-order valence-electron chi connectivity index (χ1n) is 6.34. The maximum absolute atomic E-state index is 11.9. The van der Waals surface area contributed by atoms with Crippen LogP contribution < -0.4 is 15.8 Å². The fourth-order valence-corrected chi connectivity index (χ4v) is 3.12. The molecule has 2 rings (SSSR count). The Morgan fingerprint density at radius 2 is 1.96 bits per heavy atom. The van der Waals surface area contributed by atoms with Gasteiger partial charge in [0.1, 0.15) is 0 Å². The van der Waals surface area contributed by atoms with Crippen LogP contribution in [0.2, 0.25) is 10.0 Å². The van der Waals surface area contributed by atoms with Crippen molar-refractivity contribution in [1.29, 1.82) is 0 Å². The third-order valence-electron chi connectivity index (χ3n) is 2.74. The Balaban J connectivity index is 2.01. The number of nitrogens with two attached hydrogens (primary N) is 1. The molecule has 0 radical (unpaired) electrons. The highest BCUT2D eigenvalue weighted by atomic mass is 79.9. The van der Waals surface area contributed by atoms with E-state index in [2.05, 4.69) is 21.2 Å². The second-order valence-corrected chi connectivity index (χ2v) is 6.18. The topological polar surface area (TPSA) is 81.4 Å². The molecule has 0 spiro atoms. The normalized spacial score (nSPS) is 10.2. The highest BCUT2D eigenvalue weighted by molar-refractivity contribution is 9.10. The molecule has 0 aromatic heterocycles. The van der Waals surface area contributed by atoms with E-state index in [1.54, 1.807) is 24.3 Å². The highest BCUT2D eigenvalue weighted by Crippen LogP contribution is 2.35. The fraction of sp³-hybridized carbons (Fsp3) is 0.0667. The molecule has 0 fully saturated rings. The molecule has 0 aliphatic carbocycles. The maximum Gasteiger partial charge on any atom is 0.262 e. The molecule has 0 bridgehead atoms. The van der Waals surface area contributed by atoms with Crippen LogP contribution in [0.5, 0.6) is 5.75 Å². The summed E-state index contributed by atoms with van der Waals surface area (Å²) in [7, 11) is 0. The molecule has 23 heavy (non-hydrogen) atoms. The Kier molecular flexibility index (Phi) is 5.87. The molecule has 8 heteroatoms. The van der Waals surface area contributed by atoms with Crippen LogP contribution in [0.1, 0.15) is 10.4 Å². The maximum atomic E-state index is 11.9. The number of anilines is 1. The van der Waals surface area contributed by atoms with Crippen molar-refractivity contribution in [2.75, 3.05) is 11.9 Å². The van der Waals surface area contributed by atoms with Gasteiger partial charge in [-0.05, 0) is 46.3 Å². The molecule has 0 saturated carbocycles. The van der Waals surface area contributed by atoms with E-state index >= 15 is 0 Å². The van der Waals surface area contributed by atoms with Gasteiger partial charge in [-0.25, -0.2) is 0 Å². The molecule has 5 nitrogen and oxygen atoms in total. The van der Waals surface area contributed by atoms with E-state index in [-0.39, 0.29) is 11.6 Å². The van der Waals surface area contributed by atoms with Gasteiger partial charge in [0.15, 0.2) is 12.4 Å². The lowest BCUT2D eigenvalue weighted by Crippen LogP contribution is -2.21. The summed E-state index contributed by atoms with van der Waals surface area (Å²) in [4.78, 5) is 23.0. The van der Waals surface area contributed by atoms with E-state index in [4.69, 9.17) is 33.7 Å². The van der Waals surface area contributed by atoms with Gasteiger partial charge in [0.2, 0.25) is 5.91 Å². The number of amides is 2. The third kappa shape index (κ3) is 4.86. The standard InChI is InChI=1S/C15H11BrCl2N2O3/c16-11-5-9(17)6-12(18)14(11)23-7-13(21)20-10-3-1-2-8(4-10)15(19)22/h1-6H,7H2,(H2,19,22)(H,20,21). The summed E-state index contributed by atoms with van der Waals surface area (Å²) < 4.78 is 5.93. The summed E-state index contributed by atoms with van der Waals surface area (Å²) in [6, 6.07) is 9.40. The van der Waals surface area contributed by atoms with Gasteiger partial charge in [0.25, 0.3) is 5.91 Å². The molecule has 0 unspecified atom stereocenters. The molecule has 0 saturated heterocycles. The second-order valence-electron chi connectivity index (χ2n) is 4.48. The van der Waals surface area contributed by atoms with Gasteiger partial charge in [-0.15, -0.1) is 0 Å². The largest absolute Gasteiger partial charge is 0.481 e. The number of primary amides is 1. The van der Waals surface area contributed by atoms with E-state index in [0.717, 1.165) is 0 Å². The van der Waals surface area contributed by atoms with E-state index in [9.17, 15) is 9.59 Å². The number of hydrogen-bond donors (Lipinski definition) is 2. The Morgan fingerprint density at radius 1 is 1.22 bits per heavy atom. The van der Waals surface area contributed by atoms with Crippen LogP contribution in [0.4, 0.5) is 5.69 Å². The zero-order valence-electron chi connectivity index (χ0n) is 11.6. The molecule has 3 N–H and O–H groups in total. The number of carbonyl (C=O) groups excluding carboxylic acids is 2. The van der Waals surface area contributed by atoms with E-state index < -0.39 is 11.8 Å². The molecule has 2 amide bonds. The molecule has 0 aliphatic rings.